The number of halogens is 1. The lowest BCUT2D eigenvalue weighted by molar-refractivity contribution is 0.268. The van der Waals surface area contributed by atoms with Gasteiger partial charge in [-0.1, -0.05) is 12.1 Å². The number of hydrogen-bond donors (Lipinski definition) is 2. The monoisotopic (exact) mass is 217 g/mol. The zero-order chi connectivity index (χ0) is 9.84. The maximum Gasteiger partial charge on any atom is 0.121 e. The number of aliphatic hydroxyl groups is 1. The van der Waals surface area contributed by atoms with Gasteiger partial charge in [-0.15, -0.1) is 12.4 Å². The second kappa shape index (κ2) is 5.86. The molecule has 0 saturated heterocycles. The van der Waals surface area contributed by atoms with Crippen LogP contribution >= 0.6 is 12.4 Å². The van der Waals surface area contributed by atoms with Crippen LogP contribution in [0.25, 0.3) is 0 Å². The summed E-state index contributed by atoms with van der Waals surface area (Å²) in [5.41, 5.74) is 7.63. The molecule has 14 heavy (non-hydrogen) atoms. The summed E-state index contributed by atoms with van der Waals surface area (Å²) < 4.78 is 5.11. The van der Waals surface area contributed by atoms with Gasteiger partial charge in [0.15, 0.2) is 0 Å². The van der Waals surface area contributed by atoms with Crippen LogP contribution in [0.1, 0.15) is 17.2 Å². The van der Waals surface area contributed by atoms with Crippen LogP contribution < -0.4 is 10.5 Å². The first kappa shape index (κ1) is 13.2. The quantitative estimate of drug-likeness (QED) is 0.805. The fourth-order valence-electron chi connectivity index (χ4n) is 1.24. The number of hydrogen-bond acceptors (Lipinski definition) is 3. The molecule has 4 heteroatoms. The molecule has 1 atom stereocenters. The molecular formula is C10H16ClNO2. The summed E-state index contributed by atoms with van der Waals surface area (Å²) in [6.45, 7) is 1.91. The van der Waals surface area contributed by atoms with Crippen molar-refractivity contribution in [3.05, 3.63) is 29.3 Å². The third-order valence-corrected chi connectivity index (χ3v) is 2.04. The molecule has 0 aliphatic heterocycles. The van der Waals surface area contributed by atoms with Crippen molar-refractivity contribution in [1.82, 2.24) is 0 Å². The second-order valence-electron chi connectivity index (χ2n) is 3.02. The molecule has 0 fully saturated rings. The zero-order valence-corrected chi connectivity index (χ0v) is 9.17. The van der Waals surface area contributed by atoms with E-state index in [0.29, 0.717) is 0 Å². The van der Waals surface area contributed by atoms with Gasteiger partial charge in [-0.3, -0.25) is 0 Å². The molecular weight excluding hydrogens is 202 g/mol. The maximum absolute atomic E-state index is 8.85. The molecule has 0 aliphatic carbocycles. The van der Waals surface area contributed by atoms with Crippen molar-refractivity contribution in [3.8, 4) is 5.75 Å². The van der Waals surface area contributed by atoms with Gasteiger partial charge in [-0.25, -0.2) is 0 Å². The van der Waals surface area contributed by atoms with Gasteiger partial charge in [0, 0.05) is 0 Å². The van der Waals surface area contributed by atoms with E-state index in [4.69, 9.17) is 15.6 Å². The van der Waals surface area contributed by atoms with Crippen LogP contribution in [-0.4, -0.2) is 18.8 Å². The lowest BCUT2D eigenvalue weighted by atomic mass is 10.1. The molecule has 3 nitrogen and oxygen atoms in total. The summed E-state index contributed by atoms with van der Waals surface area (Å²) in [6.07, 6.45) is 0. The Kier molecular flexibility index (Phi) is 5.53. The van der Waals surface area contributed by atoms with E-state index in [1.165, 1.54) is 0 Å². The van der Waals surface area contributed by atoms with E-state index in [2.05, 4.69) is 0 Å². The fourth-order valence-corrected chi connectivity index (χ4v) is 1.24. The number of aryl methyl sites for hydroxylation is 1. The third-order valence-electron chi connectivity index (χ3n) is 2.04. The van der Waals surface area contributed by atoms with E-state index in [0.717, 1.165) is 16.9 Å². The normalized spacial score (nSPS) is 11.7. The molecule has 0 spiro atoms. The van der Waals surface area contributed by atoms with Gasteiger partial charge in [0.2, 0.25) is 0 Å². The highest BCUT2D eigenvalue weighted by atomic mass is 35.5. The number of nitrogens with two attached hydrogens (primary N) is 1. The van der Waals surface area contributed by atoms with Crippen molar-refractivity contribution >= 4 is 12.4 Å². The summed E-state index contributed by atoms with van der Waals surface area (Å²) in [7, 11) is 1.63. The first-order valence-corrected chi connectivity index (χ1v) is 4.20. The third kappa shape index (κ3) is 2.87. The summed E-state index contributed by atoms with van der Waals surface area (Å²) >= 11 is 0. The van der Waals surface area contributed by atoms with Crippen LogP contribution in [0, 0.1) is 6.92 Å². The van der Waals surface area contributed by atoms with Gasteiger partial charge >= 0.3 is 0 Å². The Labute approximate surface area is 90.3 Å². The first-order chi connectivity index (χ1) is 6.19. The maximum atomic E-state index is 8.85. The number of aliphatic hydroxyl groups excluding tert-OH is 1. The minimum absolute atomic E-state index is 0. The van der Waals surface area contributed by atoms with Gasteiger partial charge in [-0.2, -0.15) is 0 Å². The zero-order valence-electron chi connectivity index (χ0n) is 8.36. The van der Waals surface area contributed by atoms with Gasteiger partial charge < -0.3 is 15.6 Å². The Bertz CT molecular complexity index is 291. The molecule has 0 aliphatic rings. The lowest BCUT2D eigenvalue weighted by Crippen LogP contribution is -2.14. The van der Waals surface area contributed by atoms with Crippen LogP contribution in [0.3, 0.4) is 0 Å². The van der Waals surface area contributed by atoms with Crippen molar-refractivity contribution in [2.45, 2.75) is 13.0 Å². The molecule has 0 amide bonds. The standard InChI is InChI=1S/C10H15NO2.ClH/c1-7-5-8(9(11)6-12)3-4-10(7)13-2;/h3-5,9,12H,6,11H2,1-2H3;1H/t9-;/m1./s1. The topological polar surface area (TPSA) is 55.5 Å². The average molecular weight is 218 g/mol. The van der Waals surface area contributed by atoms with Crippen LogP contribution in [0.2, 0.25) is 0 Å². The van der Waals surface area contributed by atoms with Gasteiger partial charge in [0.25, 0.3) is 0 Å². The Morgan fingerprint density at radius 2 is 2.14 bits per heavy atom. The highest BCUT2D eigenvalue weighted by Crippen LogP contribution is 2.21. The summed E-state index contributed by atoms with van der Waals surface area (Å²) in [5.74, 6) is 0.842. The molecule has 0 heterocycles. The van der Waals surface area contributed by atoms with Crippen LogP contribution in [0.4, 0.5) is 0 Å². The van der Waals surface area contributed by atoms with Crippen LogP contribution in [0.15, 0.2) is 18.2 Å². The minimum atomic E-state index is -0.301. The number of ether oxygens (including phenoxy) is 1. The number of benzene rings is 1. The predicted octanol–water partition coefficient (Wildman–Crippen LogP) is 1.42. The molecule has 1 aromatic rings. The van der Waals surface area contributed by atoms with E-state index in [1.54, 1.807) is 7.11 Å². The minimum Gasteiger partial charge on any atom is -0.496 e. The number of methoxy groups -OCH3 is 1. The first-order valence-electron chi connectivity index (χ1n) is 4.20. The molecule has 1 rings (SSSR count). The molecule has 0 radical (unpaired) electrons. The van der Waals surface area contributed by atoms with Gasteiger partial charge in [0.1, 0.15) is 5.75 Å². The Morgan fingerprint density at radius 3 is 2.57 bits per heavy atom. The van der Waals surface area contributed by atoms with Crippen molar-refractivity contribution in [3.63, 3.8) is 0 Å². The van der Waals surface area contributed by atoms with E-state index in [-0.39, 0.29) is 25.1 Å². The molecule has 80 valence electrons. The summed E-state index contributed by atoms with van der Waals surface area (Å²) in [4.78, 5) is 0. The van der Waals surface area contributed by atoms with E-state index >= 15 is 0 Å². The second-order valence-corrected chi connectivity index (χ2v) is 3.02. The van der Waals surface area contributed by atoms with Gasteiger partial charge in [-0.05, 0) is 24.1 Å². The van der Waals surface area contributed by atoms with Gasteiger partial charge in [0.05, 0.1) is 19.8 Å². The largest absolute Gasteiger partial charge is 0.496 e. The molecule has 0 unspecified atom stereocenters. The van der Waals surface area contributed by atoms with E-state index in [9.17, 15) is 0 Å². The van der Waals surface area contributed by atoms with E-state index < -0.39 is 0 Å². The average Bonchev–Trinajstić information content (AvgIpc) is 2.16. The fraction of sp³-hybridized carbons (Fsp3) is 0.400. The smallest absolute Gasteiger partial charge is 0.121 e. The van der Waals surface area contributed by atoms with Crippen molar-refractivity contribution in [1.29, 1.82) is 0 Å². The predicted molar refractivity (Wildman–Crippen MR) is 59.0 cm³/mol. The molecule has 1 aromatic carbocycles. The number of rotatable bonds is 3. The molecule has 0 aromatic heterocycles. The Morgan fingerprint density at radius 1 is 1.50 bits per heavy atom. The Hall–Kier alpha value is -0.770. The van der Waals surface area contributed by atoms with Crippen molar-refractivity contribution in [2.75, 3.05) is 13.7 Å². The lowest BCUT2D eigenvalue weighted by Gasteiger charge is -2.11. The SMILES string of the molecule is COc1ccc([C@H](N)CO)cc1C.Cl. The molecule has 3 N–H and O–H groups in total. The van der Waals surface area contributed by atoms with Crippen molar-refractivity contribution in [2.24, 2.45) is 5.73 Å². The summed E-state index contributed by atoms with van der Waals surface area (Å²) in [6, 6.07) is 5.36. The summed E-state index contributed by atoms with van der Waals surface area (Å²) in [5, 5.41) is 8.85. The Balaban J connectivity index is 0.00000169. The van der Waals surface area contributed by atoms with Crippen LogP contribution in [0.5, 0.6) is 5.75 Å². The van der Waals surface area contributed by atoms with E-state index in [1.807, 2.05) is 25.1 Å². The van der Waals surface area contributed by atoms with Crippen LogP contribution in [-0.2, 0) is 0 Å². The highest BCUT2D eigenvalue weighted by molar-refractivity contribution is 5.85. The highest BCUT2D eigenvalue weighted by Gasteiger charge is 2.06. The molecule has 0 bridgehead atoms. The van der Waals surface area contributed by atoms with Crippen molar-refractivity contribution < 1.29 is 9.84 Å². The molecule has 0 saturated carbocycles.